The molecule has 0 aliphatic carbocycles. The molecule has 1 unspecified atom stereocenters. The molecule has 3 aromatic heterocycles. The van der Waals surface area contributed by atoms with E-state index >= 15 is 0 Å². The number of alkyl halides is 5. The molecule has 1 atom stereocenters. The van der Waals surface area contributed by atoms with E-state index in [0.29, 0.717) is 10.5 Å². The number of ketones is 1. The Hall–Kier alpha value is -4.13. The number of Topliss-reactive ketones (excluding diaryl/α,β-unsaturated/α-hetero) is 1. The first-order chi connectivity index (χ1) is 21.8. The topological polar surface area (TPSA) is 89.1 Å². The lowest BCUT2D eigenvalue weighted by Crippen LogP contribution is -2.28. The van der Waals surface area contributed by atoms with Crippen molar-refractivity contribution in [3.8, 4) is 11.3 Å². The second-order valence-electron chi connectivity index (χ2n) is 11.0. The van der Waals surface area contributed by atoms with E-state index < -0.39 is 24.8 Å². The molecule has 8 nitrogen and oxygen atoms in total. The highest BCUT2D eigenvalue weighted by Gasteiger charge is 2.38. The van der Waals surface area contributed by atoms with Crippen LogP contribution in [0.4, 0.5) is 33.5 Å². The molecule has 0 radical (unpaired) electrons. The number of carbonyl (C=O) groups is 1. The van der Waals surface area contributed by atoms with E-state index in [9.17, 15) is 26.7 Å². The second kappa shape index (κ2) is 16.4. The fourth-order valence-corrected chi connectivity index (χ4v) is 4.81. The number of nitrogens with zero attached hydrogens (tertiary/aromatic N) is 5. The first-order valence-corrected chi connectivity index (χ1v) is 15.3. The number of carbonyl (C=O) groups excluding carboxylic acids is 1. The molecular formula is C33H42F5N7O. The minimum absolute atomic E-state index is 0.0557. The van der Waals surface area contributed by atoms with Gasteiger partial charge >= 0.3 is 6.18 Å². The molecule has 1 saturated heterocycles. The number of aryl methyl sites for hydroxylation is 1. The Bertz CT molecular complexity index is 1600. The van der Waals surface area contributed by atoms with Crippen molar-refractivity contribution >= 4 is 28.5 Å². The summed E-state index contributed by atoms with van der Waals surface area (Å²) in [4.78, 5) is 19.1. The van der Waals surface area contributed by atoms with E-state index in [0.717, 1.165) is 54.4 Å². The van der Waals surface area contributed by atoms with Gasteiger partial charge in [0.2, 0.25) is 0 Å². The lowest BCUT2D eigenvalue weighted by Gasteiger charge is -2.12. The SMILES string of the molecule is C=C(C)c1ccc(Nc2nccn3c(-c4cn(CC(F)F)nc4C(F)(F)F)cnc23)cc1CC.CC(=O)C1CCCN1.CCCC. The van der Waals surface area contributed by atoms with Gasteiger partial charge in [-0.05, 0) is 62.9 Å². The number of benzene rings is 1. The average Bonchev–Trinajstić information content (AvgIpc) is 3.77. The number of fused-ring (bicyclic) bond motifs is 1. The normalized spacial score (nSPS) is 14.5. The van der Waals surface area contributed by atoms with Gasteiger partial charge in [0.15, 0.2) is 17.2 Å². The van der Waals surface area contributed by atoms with Crippen LogP contribution in [-0.2, 0) is 23.9 Å². The number of allylic oxidation sites excluding steroid dienone is 1. The van der Waals surface area contributed by atoms with Crippen molar-refractivity contribution in [3.05, 3.63) is 66.4 Å². The summed E-state index contributed by atoms with van der Waals surface area (Å²) in [5.74, 6) is 0.606. The van der Waals surface area contributed by atoms with E-state index in [2.05, 4.69) is 46.1 Å². The van der Waals surface area contributed by atoms with Crippen molar-refractivity contribution in [2.75, 3.05) is 11.9 Å². The molecule has 4 aromatic rings. The van der Waals surface area contributed by atoms with Crippen LogP contribution in [-0.4, -0.2) is 48.9 Å². The highest BCUT2D eigenvalue weighted by Crippen LogP contribution is 2.37. The minimum atomic E-state index is -4.83. The van der Waals surface area contributed by atoms with Gasteiger partial charge in [-0.3, -0.25) is 13.9 Å². The summed E-state index contributed by atoms with van der Waals surface area (Å²) < 4.78 is 68.3. The Labute approximate surface area is 266 Å². The molecule has 0 spiro atoms. The first kappa shape index (κ1) is 36.3. The highest BCUT2D eigenvalue weighted by molar-refractivity contribution is 5.81. The Balaban J connectivity index is 0.000000404. The number of unbranched alkanes of at least 4 members (excludes halogenated alkanes) is 1. The number of nitrogens with one attached hydrogen (secondary N) is 2. The molecule has 4 heterocycles. The third kappa shape index (κ3) is 9.44. The van der Waals surface area contributed by atoms with Crippen LogP contribution >= 0.6 is 0 Å². The van der Waals surface area contributed by atoms with Gasteiger partial charge < -0.3 is 10.6 Å². The van der Waals surface area contributed by atoms with Crippen LogP contribution in [0.25, 0.3) is 22.5 Å². The van der Waals surface area contributed by atoms with E-state index in [1.54, 1.807) is 6.92 Å². The Morgan fingerprint density at radius 2 is 1.87 bits per heavy atom. The largest absolute Gasteiger partial charge is 0.435 e. The van der Waals surface area contributed by atoms with Gasteiger partial charge in [0.1, 0.15) is 12.3 Å². The highest BCUT2D eigenvalue weighted by atomic mass is 19.4. The van der Waals surface area contributed by atoms with Gasteiger partial charge in [-0.2, -0.15) is 18.3 Å². The Morgan fingerprint density at radius 1 is 1.15 bits per heavy atom. The van der Waals surface area contributed by atoms with Gasteiger partial charge in [0.05, 0.1) is 23.5 Å². The number of anilines is 2. The van der Waals surface area contributed by atoms with E-state index in [4.69, 9.17) is 0 Å². The number of halogens is 5. The third-order valence-corrected chi connectivity index (χ3v) is 7.32. The van der Waals surface area contributed by atoms with Crippen molar-refractivity contribution in [1.82, 2.24) is 29.5 Å². The van der Waals surface area contributed by atoms with E-state index in [-0.39, 0.29) is 28.7 Å². The van der Waals surface area contributed by atoms with Crippen LogP contribution < -0.4 is 10.6 Å². The summed E-state index contributed by atoms with van der Waals surface area (Å²) >= 11 is 0. The minimum Gasteiger partial charge on any atom is -0.337 e. The number of hydrogen-bond donors (Lipinski definition) is 2. The molecule has 1 aliphatic heterocycles. The zero-order valence-corrected chi connectivity index (χ0v) is 26.9. The van der Waals surface area contributed by atoms with E-state index in [1.807, 2.05) is 32.0 Å². The van der Waals surface area contributed by atoms with Crippen LogP contribution in [0, 0.1) is 0 Å². The predicted molar refractivity (Wildman–Crippen MR) is 171 cm³/mol. The summed E-state index contributed by atoms with van der Waals surface area (Å²) in [5, 5.41) is 9.62. The van der Waals surface area contributed by atoms with Crippen molar-refractivity contribution in [2.24, 2.45) is 0 Å². The van der Waals surface area contributed by atoms with Crippen LogP contribution in [0.3, 0.4) is 0 Å². The molecule has 1 fully saturated rings. The molecule has 250 valence electrons. The molecule has 0 saturated carbocycles. The van der Waals surface area contributed by atoms with Crippen LogP contribution in [0.2, 0.25) is 0 Å². The smallest absolute Gasteiger partial charge is 0.337 e. The number of imidazole rings is 1. The zero-order chi connectivity index (χ0) is 34.0. The first-order valence-electron chi connectivity index (χ1n) is 15.3. The van der Waals surface area contributed by atoms with Crippen molar-refractivity contribution in [1.29, 1.82) is 0 Å². The molecule has 2 N–H and O–H groups in total. The monoisotopic (exact) mass is 647 g/mol. The summed E-state index contributed by atoms with van der Waals surface area (Å²) in [6, 6.07) is 5.92. The second-order valence-corrected chi connectivity index (χ2v) is 11.0. The zero-order valence-electron chi connectivity index (χ0n) is 26.9. The summed E-state index contributed by atoms with van der Waals surface area (Å²) in [5.41, 5.74) is 2.51. The van der Waals surface area contributed by atoms with E-state index in [1.165, 1.54) is 35.8 Å². The van der Waals surface area contributed by atoms with Crippen LogP contribution in [0.5, 0.6) is 0 Å². The number of hydrogen-bond acceptors (Lipinski definition) is 6. The summed E-state index contributed by atoms with van der Waals surface area (Å²) in [7, 11) is 0. The predicted octanol–water partition coefficient (Wildman–Crippen LogP) is 8.35. The Kier molecular flexibility index (Phi) is 13.0. The number of aromatic nitrogens is 5. The maximum Gasteiger partial charge on any atom is 0.435 e. The van der Waals surface area contributed by atoms with Gasteiger partial charge in [-0.1, -0.05) is 51.8 Å². The maximum atomic E-state index is 13.6. The lowest BCUT2D eigenvalue weighted by molar-refractivity contribution is -0.141. The summed E-state index contributed by atoms with van der Waals surface area (Å²) in [6.45, 7) is 14.0. The molecule has 0 bridgehead atoms. The van der Waals surface area contributed by atoms with Gasteiger partial charge in [0.25, 0.3) is 6.43 Å². The Morgan fingerprint density at radius 3 is 2.39 bits per heavy atom. The fraction of sp³-hybridized carbons (Fsp3) is 0.455. The standard InChI is InChI=1S/C23H21F5N6.C6H11NO.C4H10/c1-4-14-9-15(5-6-16(14)13(2)3)31-21-22-30-10-18(34(22)8-7-29-21)17-11-33(12-19(24)25)32-20(17)23(26,27)28;1-5(8)6-3-2-4-7-6;1-3-4-2/h5-11,19H,2,4,12H2,1,3H3,(H,29,31);6-7H,2-4H2,1H3;3-4H2,1-2H3. The lowest BCUT2D eigenvalue weighted by atomic mass is 9.99. The molecule has 46 heavy (non-hydrogen) atoms. The van der Waals surface area contributed by atoms with Gasteiger partial charge in [-0.25, -0.2) is 18.7 Å². The van der Waals surface area contributed by atoms with Gasteiger partial charge in [0, 0.05) is 24.3 Å². The van der Waals surface area contributed by atoms with Crippen molar-refractivity contribution in [2.45, 2.75) is 91.9 Å². The molecular weight excluding hydrogens is 605 g/mol. The molecule has 1 aliphatic rings. The number of rotatable bonds is 9. The van der Waals surface area contributed by atoms with Crippen LogP contribution in [0.15, 0.2) is 49.6 Å². The van der Waals surface area contributed by atoms with Crippen LogP contribution in [0.1, 0.15) is 77.1 Å². The molecule has 1 aromatic carbocycles. The van der Waals surface area contributed by atoms with Crippen molar-refractivity contribution < 1.29 is 26.7 Å². The van der Waals surface area contributed by atoms with Crippen molar-refractivity contribution in [3.63, 3.8) is 0 Å². The van der Waals surface area contributed by atoms with Gasteiger partial charge in [-0.15, -0.1) is 0 Å². The molecule has 5 rings (SSSR count). The quantitative estimate of drug-likeness (QED) is 0.178. The molecule has 0 amide bonds. The average molecular weight is 648 g/mol. The third-order valence-electron chi connectivity index (χ3n) is 7.32. The molecule has 13 heteroatoms. The fourth-order valence-electron chi connectivity index (χ4n) is 4.81. The summed E-state index contributed by atoms with van der Waals surface area (Å²) in [6.07, 6.45) is 3.00. The maximum absolute atomic E-state index is 13.6.